The van der Waals surface area contributed by atoms with Crippen molar-refractivity contribution in [2.75, 3.05) is 39.4 Å². The number of likely N-dealkylation sites (tertiary alicyclic amines) is 1. The van der Waals surface area contributed by atoms with Crippen molar-refractivity contribution in [1.29, 1.82) is 0 Å². The highest BCUT2D eigenvalue weighted by Gasteiger charge is 2.32. The Hall–Kier alpha value is -4.18. The number of rotatable bonds is 12. The molecule has 0 unspecified atom stereocenters. The second-order valence-corrected chi connectivity index (χ2v) is 12.8. The molecule has 6 rings (SSSR count). The van der Waals surface area contributed by atoms with Crippen LogP contribution in [0, 0.1) is 0 Å². The molecule has 2 aliphatic rings. The van der Waals surface area contributed by atoms with Gasteiger partial charge in [0.25, 0.3) is 5.91 Å². The summed E-state index contributed by atoms with van der Waals surface area (Å²) < 4.78 is 12.6. The monoisotopic (exact) mass is 638 g/mol. The molecule has 230 valence electrons. The minimum absolute atomic E-state index is 0.130. The van der Waals surface area contributed by atoms with Gasteiger partial charge in [0.15, 0.2) is 0 Å². The maximum Gasteiger partial charge on any atom is 0.335 e. The standard InChI is InChI=1S/C36H34N2O5S2/c39-34-33(45-36(44)38(34)18-5-20-42-31-13-10-26(11-14-31)35(40)41)24-30-23-29(28-9-8-25-6-1-2-7-27(25)22-28)12-15-32(30)43-21-19-37-16-3-4-17-37/h1-2,6-15,22-24H,3-5,16-21H2,(H,40,41). The summed E-state index contributed by atoms with van der Waals surface area (Å²) in [5.74, 6) is 0.209. The molecule has 2 heterocycles. The first-order chi connectivity index (χ1) is 21.9. The Labute approximate surface area is 272 Å². The van der Waals surface area contributed by atoms with Crippen LogP contribution in [0.25, 0.3) is 28.0 Å². The summed E-state index contributed by atoms with van der Waals surface area (Å²) in [5.41, 5.74) is 3.19. The number of ether oxygens (including phenoxy) is 2. The highest BCUT2D eigenvalue weighted by Crippen LogP contribution is 2.36. The van der Waals surface area contributed by atoms with Crippen molar-refractivity contribution in [1.82, 2.24) is 9.80 Å². The van der Waals surface area contributed by atoms with Crippen molar-refractivity contribution >= 4 is 57.0 Å². The van der Waals surface area contributed by atoms with Gasteiger partial charge in [-0.2, -0.15) is 0 Å². The van der Waals surface area contributed by atoms with Gasteiger partial charge in [-0.25, -0.2) is 4.79 Å². The summed E-state index contributed by atoms with van der Waals surface area (Å²) in [4.78, 5) is 29.1. The van der Waals surface area contributed by atoms with Gasteiger partial charge >= 0.3 is 5.97 Å². The molecule has 4 aromatic rings. The Bertz CT molecular complexity index is 1750. The Morgan fingerprint density at radius 2 is 1.60 bits per heavy atom. The third kappa shape index (κ3) is 7.56. The van der Waals surface area contributed by atoms with E-state index in [9.17, 15) is 9.59 Å². The summed E-state index contributed by atoms with van der Waals surface area (Å²) in [6.07, 6.45) is 4.94. The lowest BCUT2D eigenvalue weighted by Crippen LogP contribution is -2.29. The third-order valence-corrected chi connectivity index (χ3v) is 9.39. The van der Waals surface area contributed by atoms with Crippen LogP contribution in [0.1, 0.15) is 35.2 Å². The molecule has 0 atom stereocenters. The topological polar surface area (TPSA) is 79.3 Å². The van der Waals surface area contributed by atoms with E-state index >= 15 is 0 Å². The smallest absolute Gasteiger partial charge is 0.335 e. The van der Waals surface area contributed by atoms with Crippen molar-refractivity contribution in [3.05, 3.63) is 101 Å². The summed E-state index contributed by atoms with van der Waals surface area (Å²) >= 11 is 6.90. The van der Waals surface area contributed by atoms with E-state index in [0.29, 0.717) is 41.2 Å². The van der Waals surface area contributed by atoms with Gasteiger partial charge in [0, 0.05) is 18.7 Å². The minimum atomic E-state index is -0.981. The van der Waals surface area contributed by atoms with E-state index < -0.39 is 5.97 Å². The third-order valence-electron chi connectivity index (χ3n) is 8.01. The van der Waals surface area contributed by atoms with Gasteiger partial charge < -0.3 is 14.6 Å². The largest absolute Gasteiger partial charge is 0.494 e. The predicted molar refractivity (Wildman–Crippen MR) is 184 cm³/mol. The molecular weight excluding hydrogens is 605 g/mol. The number of thiocarbonyl (C=S) groups is 1. The van der Waals surface area contributed by atoms with Gasteiger partial charge in [-0.1, -0.05) is 66.4 Å². The zero-order valence-corrected chi connectivity index (χ0v) is 26.4. The number of hydrogen-bond donors (Lipinski definition) is 1. The average molecular weight is 639 g/mol. The van der Waals surface area contributed by atoms with E-state index in [-0.39, 0.29) is 11.5 Å². The average Bonchev–Trinajstić information content (AvgIpc) is 3.67. The van der Waals surface area contributed by atoms with E-state index in [1.807, 2.05) is 24.3 Å². The number of hydrogen-bond acceptors (Lipinski definition) is 7. The van der Waals surface area contributed by atoms with Gasteiger partial charge in [0.05, 0.1) is 17.1 Å². The molecule has 0 bridgehead atoms. The number of thioether (sulfide) groups is 1. The van der Waals surface area contributed by atoms with Crippen LogP contribution in [0.4, 0.5) is 0 Å². The first-order valence-electron chi connectivity index (χ1n) is 15.1. The Balaban J connectivity index is 1.17. The lowest BCUT2D eigenvalue weighted by molar-refractivity contribution is -0.122. The van der Waals surface area contributed by atoms with Crippen LogP contribution in [-0.2, 0) is 4.79 Å². The molecule has 9 heteroatoms. The molecule has 7 nitrogen and oxygen atoms in total. The van der Waals surface area contributed by atoms with Crippen molar-refractivity contribution in [3.63, 3.8) is 0 Å². The Kier molecular flexibility index (Phi) is 9.78. The molecule has 0 saturated carbocycles. The molecular formula is C36H34N2O5S2. The molecule has 0 radical (unpaired) electrons. The normalized spacial score (nSPS) is 16.2. The first-order valence-corrected chi connectivity index (χ1v) is 16.4. The number of carboxylic acids is 1. The number of carboxylic acid groups (broad SMARTS) is 1. The number of carbonyl (C=O) groups excluding carboxylic acids is 1. The fraction of sp³-hybridized carbons (Fsp3) is 0.250. The van der Waals surface area contributed by atoms with Crippen LogP contribution in [0.3, 0.4) is 0 Å². The van der Waals surface area contributed by atoms with Crippen LogP contribution < -0.4 is 9.47 Å². The van der Waals surface area contributed by atoms with E-state index in [1.165, 1.54) is 47.5 Å². The molecule has 45 heavy (non-hydrogen) atoms. The fourth-order valence-corrected chi connectivity index (χ4v) is 6.87. The summed E-state index contributed by atoms with van der Waals surface area (Å²) in [7, 11) is 0. The molecule has 0 aromatic heterocycles. The number of amides is 1. The number of benzene rings is 4. The van der Waals surface area contributed by atoms with Gasteiger partial charge in [-0.15, -0.1) is 0 Å². The fourth-order valence-electron chi connectivity index (χ4n) is 5.57. The molecule has 0 aliphatic carbocycles. The molecule has 1 amide bonds. The van der Waals surface area contributed by atoms with Crippen molar-refractivity contribution in [2.24, 2.45) is 0 Å². The van der Waals surface area contributed by atoms with Gasteiger partial charge in [0.2, 0.25) is 0 Å². The van der Waals surface area contributed by atoms with E-state index in [1.54, 1.807) is 17.0 Å². The number of aromatic carboxylic acids is 1. The second kappa shape index (κ2) is 14.3. The molecule has 4 aromatic carbocycles. The highest BCUT2D eigenvalue weighted by atomic mass is 32.2. The van der Waals surface area contributed by atoms with Crippen molar-refractivity contribution in [3.8, 4) is 22.6 Å². The van der Waals surface area contributed by atoms with Crippen LogP contribution in [0.2, 0.25) is 0 Å². The van der Waals surface area contributed by atoms with Crippen LogP contribution in [-0.4, -0.2) is 70.5 Å². The molecule has 2 saturated heterocycles. The van der Waals surface area contributed by atoms with E-state index in [2.05, 4.69) is 47.4 Å². The van der Waals surface area contributed by atoms with Gasteiger partial charge in [-0.05, 0) is 103 Å². The van der Waals surface area contributed by atoms with Crippen LogP contribution in [0.5, 0.6) is 11.5 Å². The van der Waals surface area contributed by atoms with Crippen LogP contribution in [0.15, 0.2) is 89.8 Å². The number of fused-ring (bicyclic) bond motifs is 1. The molecule has 2 aliphatic heterocycles. The summed E-state index contributed by atoms with van der Waals surface area (Å²) in [6, 6.07) is 27.2. The Morgan fingerprint density at radius 3 is 2.38 bits per heavy atom. The number of nitrogens with zero attached hydrogens (tertiary/aromatic N) is 2. The maximum atomic E-state index is 13.5. The van der Waals surface area contributed by atoms with Crippen LogP contribution >= 0.6 is 24.0 Å². The Morgan fingerprint density at radius 1 is 0.867 bits per heavy atom. The lowest BCUT2D eigenvalue weighted by atomic mass is 9.99. The zero-order chi connectivity index (χ0) is 31.2. The molecule has 1 N–H and O–H groups in total. The predicted octanol–water partition coefficient (Wildman–Crippen LogP) is 7.35. The van der Waals surface area contributed by atoms with Crippen molar-refractivity contribution in [2.45, 2.75) is 19.3 Å². The summed E-state index contributed by atoms with van der Waals surface area (Å²) in [5, 5.41) is 11.4. The molecule has 2 fully saturated rings. The second-order valence-electron chi connectivity index (χ2n) is 11.1. The zero-order valence-electron chi connectivity index (χ0n) is 24.8. The van der Waals surface area contributed by atoms with Gasteiger partial charge in [-0.3, -0.25) is 14.6 Å². The SMILES string of the molecule is O=C(O)c1ccc(OCCCN2C(=O)C(=Cc3cc(-c4ccc5ccccc5c4)ccc3OCCN3CCCC3)SC2=S)cc1. The highest BCUT2D eigenvalue weighted by molar-refractivity contribution is 8.26. The van der Waals surface area contributed by atoms with E-state index in [4.69, 9.17) is 26.8 Å². The number of carbonyl (C=O) groups is 2. The summed E-state index contributed by atoms with van der Waals surface area (Å²) in [6.45, 7) is 4.47. The maximum absolute atomic E-state index is 13.5. The molecule has 0 spiro atoms. The van der Waals surface area contributed by atoms with Gasteiger partial charge in [0.1, 0.15) is 22.4 Å². The first kappa shape index (κ1) is 30.8. The van der Waals surface area contributed by atoms with E-state index in [0.717, 1.165) is 42.1 Å². The van der Waals surface area contributed by atoms with Crippen molar-refractivity contribution < 1.29 is 24.2 Å². The minimum Gasteiger partial charge on any atom is -0.494 e. The quantitative estimate of drug-likeness (QED) is 0.0981. The lowest BCUT2D eigenvalue weighted by Gasteiger charge is -2.17.